The highest BCUT2D eigenvalue weighted by molar-refractivity contribution is 6.12. The van der Waals surface area contributed by atoms with Crippen LogP contribution >= 0.6 is 0 Å². The summed E-state index contributed by atoms with van der Waals surface area (Å²) in [5.74, 6) is 2.60. The number of carbonyl (C=O) groups excluding carboxylic acids is 5. The van der Waals surface area contributed by atoms with Crippen LogP contribution < -0.4 is 16.0 Å². The van der Waals surface area contributed by atoms with Gasteiger partial charge in [0.15, 0.2) is 0 Å². The molecule has 3 atom stereocenters. The fraction of sp³-hybridized carbons (Fsp3) is 0.441. The zero-order valence-corrected chi connectivity index (χ0v) is 26.9. The number of fused-ring (bicyclic) bond motifs is 1. The van der Waals surface area contributed by atoms with E-state index in [0.717, 1.165) is 0 Å². The molecule has 3 rings (SSSR count). The van der Waals surface area contributed by atoms with Crippen LogP contribution in [0.4, 0.5) is 5.69 Å². The van der Waals surface area contributed by atoms with E-state index in [9.17, 15) is 24.0 Å². The van der Waals surface area contributed by atoms with Crippen LogP contribution in [0.5, 0.6) is 0 Å². The summed E-state index contributed by atoms with van der Waals surface area (Å²) >= 11 is 0. The van der Waals surface area contributed by atoms with Gasteiger partial charge in [-0.15, -0.1) is 0 Å². The molecule has 2 aromatic carbocycles. The summed E-state index contributed by atoms with van der Waals surface area (Å²) in [5.41, 5.74) is 6.66. The third-order valence-corrected chi connectivity index (χ3v) is 6.86. The summed E-state index contributed by atoms with van der Waals surface area (Å²) in [6, 6.07) is 10.7. The summed E-state index contributed by atoms with van der Waals surface area (Å²) < 4.78 is 10.4. The molecule has 2 aromatic rings. The quantitative estimate of drug-likeness (QED) is 0.322. The van der Waals surface area contributed by atoms with Crippen LogP contribution in [-0.2, 0) is 28.7 Å². The summed E-state index contributed by atoms with van der Waals surface area (Å²) in [6.45, 7) is 12.3. The van der Waals surface area contributed by atoms with E-state index in [-0.39, 0.29) is 37.1 Å². The molecule has 0 bridgehead atoms. The van der Waals surface area contributed by atoms with Gasteiger partial charge in [-0.2, -0.15) is 0 Å². The molecule has 1 aliphatic heterocycles. The molecule has 0 fully saturated rings. The highest BCUT2D eigenvalue weighted by Gasteiger charge is 2.43. The average Bonchev–Trinajstić information content (AvgIpc) is 3.06. The van der Waals surface area contributed by atoms with Crippen molar-refractivity contribution >= 4 is 35.3 Å². The van der Waals surface area contributed by atoms with Crippen LogP contribution in [0.3, 0.4) is 0 Å². The molecule has 0 aliphatic carbocycles. The fourth-order valence-electron chi connectivity index (χ4n) is 4.94. The Morgan fingerprint density at radius 3 is 2.31 bits per heavy atom. The monoisotopic (exact) mass is 618 g/mol. The summed E-state index contributed by atoms with van der Waals surface area (Å²) in [5, 5.41) is 2.49. The van der Waals surface area contributed by atoms with Crippen LogP contribution in [-0.4, -0.2) is 71.4 Å². The van der Waals surface area contributed by atoms with Gasteiger partial charge in [-0.05, 0) is 72.2 Å². The SMILES string of the molecule is CCOC(=O)CC(C)N1C(=O)c2cc(C#CC(=O)NCC(N)C(=O)OC(C)(C)C)ccc2N(C(C)C)C(=O)C1c1ccccc1. The molecule has 0 aromatic heterocycles. The largest absolute Gasteiger partial charge is 0.466 e. The maximum atomic E-state index is 14.4. The molecule has 3 amide bonds. The molecule has 0 saturated carbocycles. The molecule has 45 heavy (non-hydrogen) atoms. The van der Waals surface area contributed by atoms with Gasteiger partial charge in [0.1, 0.15) is 17.7 Å². The van der Waals surface area contributed by atoms with E-state index in [4.69, 9.17) is 15.2 Å². The van der Waals surface area contributed by atoms with Crippen LogP contribution in [0.15, 0.2) is 48.5 Å². The van der Waals surface area contributed by atoms with Gasteiger partial charge in [-0.25, -0.2) is 0 Å². The zero-order chi connectivity index (χ0) is 33.5. The highest BCUT2D eigenvalue weighted by Crippen LogP contribution is 2.38. The van der Waals surface area contributed by atoms with E-state index < -0.39 is 47.5 Å². The zero-order valence-electron chi connectivity index (χ0n) is 26.9. The fourth-order valence-corrected chi connectivity index (χ4v) is 4.94. The number of nitrogens with two attached hydrogens (primary N) is 1. The Labute approximate surface area is 264 Å². The number of anilines is 1. The Kier molecular flexibility index (Phi) is 11.5. The molecular formula is C34H42N4O7. The van der Waals surface area contributed by atoms with Crippen LogP contribution in [0.1, 0.15) is 82.4 Å². The normalized spacial score (nSPS) is 16.2. The molecule has 1 aliphatic rings. The van der Waals surface area contributed by atoms with E-state index in [0.29, 0.717) is 16.8 Å². The van der Waals surface area contributed by atoms with Gasteiger partial charge < -0.3 is 30.3 Å². The molecular weight excluding hydrogens is 576 g/mol. The van der Waals surface area contributed by atoms with Gasteiger partial charge >= 0.3 is 11.9 Å². The van der Waals surface area contributed by atoms with Crippen molar-refractivity contribution < 1.29 is 33.4 Å². The van der Waals surface area contributed by atoms with E-state index in [1.165, 1.54) is 11.0 Å². The van der Waals surface area contributed by atoms with Crippen LogP contribution in [0.25, 0.3) is 0 Å². The lowest BCUT2D eigenvalue weighted by atomic mass is 10.0. The first kappa shape index (κ1) is 34.8. The third kappa shape index (κ3) is 8.92. The third-order valence-electron chi connectivity index (χ3n) is 6.86. The second kappa shape index (κ2) is 14.9. The maximum Gasteiger partial charge on any atom is 0.325 e. The molecule has 11 heteroatoms. The van der Waals surface area contributed by atoms with E-state index in [1.54, 1.807) is 75.9 Å². The van der Waals surface area contributed by atoms with E-state index in [2.05, 4.69) is 17.2 Å². The van der Waals surface area contributed by atoms with Crippen molar-refractivity contribution in [2.24, 2.45) is 5.73 Å². The Bertz CT molecular complexity index is 1490. The minimum Gasteiger partial charge on any atom is -0.466 e. The Hall–Kier alpha value is -4.69. The first-order valence-electron chi connectivity index (χ1n) is 14.9. The van der Waals surface area contributed by atoms with Crippen molar-refractivity contribution in [3.8, 4) is 11.8 Å². The Morgan fingerprint density at radius 1 is 1.04 bits per heavy atom. The second-order valence-electron chi connectivity index (χ2n) is 12.0. The molecule has 0 spiro atoms. The first-order valence-corrected chi connectivity index (χ1v) is 14.9. The number of nitrogens with one attached hydrogen (secondary N) is 1. The predicted octanol–water partition coefficient (Wildman–Crippen LogP) is 3.10. The number of carbonyl (C=O) groups is 5. The first-order chi connectivity index (χ1) is 21.1. The summed E-state index contributed by atoms with van der Waals surface area (Å²) in [4.78, 5) is 68.7. The number of hydrogen-bond acceptors (Lipinski definition) is 8. The van der Waals surface area contributed by atoms with E-state index >= 15 is 0 Å². The smallest absolute Gasteiger partial charge is 0.325 e. The van der Waals surface area contributed by atoms with E-state index in [1.807, 2.05) is 19.9 Å². The van der Waals surface area contributed by atoms with Crippen molar-refractivity contribution in [1.29, 1.82) is 0 Å². The number of nitrogens with zero attached hydrogens (tertiary/aromatic N) is 2. The average molecular weight is 619 g/mol. The van der Waals surface area contributed by atoms with Gasteiger partial charge in [-0.1, -0.05) is 36.3 Å². The minimum atomic E-state index is -1.07. The number of ether oxygens (including phenoxy) is 2. The molecule has 0 radical (unpaired) electrons. The maximum absolute atomic E-state index is 14.4. The lowest BCUT2D eigenvalue weighted by Crippen LogP contribution is -2.48. The van der Waals surface area contributed by atoms with Gasteiger partial charge in [0.05, 0.1) is 24.3 Å². The molecule has 0 saturated heterocycles. The standard InChI is InChI=1S/C34H42N4O7/c1-8-44-29(40)18-22(4)38-30(24-12-10-9-11-13-24)32(42)37(21(2)3)27-16-14-23(19-25(27)31(38)41)15-17-28(39)36-20-26(35)33(43)45-34(5,6)7/h9-14,16,19,21-22,26,30H,8,18,20,35H2,1-7H3,(H,36,39). The Balaban J connectivity index is 1.99. The molecule has 3 unspecified atom stereocenters. The van der Waals surface area contributed by atoms with Crippen molar-refractivity contribution in [3.05, 3.63) is 65.2 Å². The predicted molar refractivity (Wildman–Crippen MR) is 169 cm³/mol. The summed E-state index contributed by atoms with van der Waals surface area (Å²) in [7, 11) is 0. The van der Waals surface area contributed by atoms with Gasteiger partial charge in [0.2, 0.25) is 0 Å². The number of hydrogen-bond donors (Lipinski definition) is 2. The number of benzene rings is 2. The second-order valence-corrected chi connectivity index (χ2v) is 12.0. The van der Waals surface area contributed by atoms with Crippen molar-refractivity contribution in [2.45, 2.75) is 84.7 Å². The minimum absolute atomic E-state index is 0.113. The molecule has 1 heterocycles. The molecule has 3 N–H and O–H groups in total. The lowest BCUT2D eigenvalue weighted by molar-refractivity contribution is -0.156. The van der Waals surface area contributed by atoms with Gasteiger partial charge in [-0.3, -0.25) is 24.0 Å². The van der Waals surface area contributed by atoms with Gasteiger partial charge in [0.25, 0.3) is 17.7 Å². The number of rotatable bonds is 9. The number of amides is 3. The summed E-state index contributed by atoms with van der Waals surface area (Å²) in [6.07, 6.45) is -0.113. The lowest BCUT2D eigenvalue weighted by Gasteiger charge is -2.36. The topological polar surface area (TPSA) is 148 Å². The van der Waals surface area contributed by atoms with Crippen molar-refractivity contribution in [1.82, 2.24) is 10.2 Å². The molecule has 11 nitrogen and oxygen atoms in total. The van der Waals surface area contributed by atoms with Crippen LogP contribution in [0, 0.1) is 11.8 Å². The van der Waals surface area contributed by atoms with Crippen molar-refractivity contribution in [3.63, 3.8) is 0 Å². The van der Waals surface area contributed by atoms with Crippen molar-refractivity contribution in [2.75, 3.05) is 18.1 Å². The Morgan fingerprint density at radius 2 is 1.71 bits per heavy atom. The van der Waals surface area contributed by atoms with Crippen LogP contribution in [0.2, 0.25) is 0 Å². The highest BCUT2D eigenvalue weighted by atomic mass is 16.6. The number of esters is 2. The van der Waals surface area contributed by atoms with Gasteiger partial charge in [0, 0.05) is 30.1 Å². The molecule has 240 valence electrons.